The van der Waals surface area contributed by atoms with Crippen molar-refractivity contribution in [3.8, 4) is 0 Å². The summed E-state index contributed by atoms with van der Waals surface area (Å²) in [6, 6.07) is 14.5. The summed E-state index contributed by atoms with van der Waals surface area (Å²) in [4.78, 5) is 37.5. The van der Waals surface area contributed by atoms with Crippen molar-refractivity contribution in [3.63, 3.8) is 0 Å². The second-order valence-electron chi connectivity index (χ2n) is 6.26. The van der Waals surface area contributed by atoms with Crippen LogP contribution in [-0.2, 0) is 16.1 Å². The van der Waals surface area contributed by atoms with Crippen molar-refractivity contribution in [2.24, 2.45) is 0 Å². The van der Waals surface area contributed by atoms with Gasteiger partial charge in [0.1, 0.15) is 6.54 Å². The minimum absolute atomic E-state index is 0.0293. The second kappa shape index (κ2) is 7.39. The number of rotatable bonds is 6. The summed E-state index contributed by atoms with van der Waals surface area (Å²) < 4.78 is 1.85. The van der Waals surface area contributed by atoms with Crippen LogP contribution < -0.4 is 5.43 Å². The Labute approximate surface area is 150 Å². The van der Waals surface area contributed by atoms with E-state index < -0.39 is 5.97 Å². The number of hydrogen-bond acceptors (Lipinski definition) is 3. The van der Waals surface area contributed by atoms with Crippen LogP contribution >= 0.6 is 0 Å². The highest BCUT2D eigenvalue weighted by Crippen LogP contribution is 2.19. The SMILES string of the molecule is CN(CCCC(=O)O)C(=O)Cn1c2ccccc2c(=O)c2ccccc21. The fourth-order valence-corrected chi connectivity index (χ4v) is 3.10. The maximum Gasteiger partial charge on any atom is 0.303 e. The van der Waals surface area contributed by atoms with Gasteiger partial charge < -0.3 is 14.6 Å². The largest absolute Gasteiger partial charge is 0.481 e. The predicted octanol–water partition coefficient (Wildman–Crippen LogP) is 2.48. The Morgan fingerprint density at radius 3 is 2.08 bits per heavy atom. The summed E-state index contributed by atoms with van der Waals surface area (Å²) in [5, 5.41) is 9.88. The Balaban J connectivity index is 1.98. The molecule has 1 amide bonds. The van der Waals surface area contributed by atoms with Gasteiger partial charge in [-0.15, -0.1) is 0 Å². The summed E-state index contributed by atoms with van der Waals surface area (Å²) in [5.41, 5.74) is 1.38. The third-order valence-electron chi connectivity index (χ3n) is 4.48. The van der Waals surface area contributed by atoms with Gasteiger partial charge in [0.15, 0.2) is 5.43 Å². The molecule has 1 heterocycles. The van der Waals surface area contributed by atoms with E-state index in [2.05, 4.69) is 0 Å². The molecular weight excluding hydrogens is 332 g/mol. The number of fused-ring (bicyclic) bond motifs is 2. The molecule has 26 heavy (non-hydrogen) atoms. The smallest absolute Gasteiger partial charge is 0.303 e. The van der Waals surface area contributed by atoms with Gasteiger partial charge in [-0.2, -0.15) is 0 Å². The molecule has 1 aromatic heterocycles. The van der Waals surface area contributed by atoms with E-state index in [-0.39, 0.29) is 24.3 Å². The first kappa shape index (κ1) is 17.7. The van der Waals surface area contributed by atoms with Crippen molar-refractivity contribution in [2.45, 2.75) is 19.4 Å². The lowest BCUT2D eigenvalue weighted by atomic mass is 10.1. The molecule has 6 nitrogen and oxygen atoms in total. The van der Waals surface area contributed by atoms with Gasteiger partial charge >= 0.3 is 5.97 Å². The van der Waals surface area contributed by atoms with Crippen LogP contribution in [0.25, 0.3) is 21.8 Å². The zero-order valence-corrected chi connectivity index (χ0v) is 14.5. The standard InChI is InChI=1S/C20H20N2O4/c1-21(12-6-11-19(24)25)18(23)13-22-16-9-4-2-7-14(16)20(26)15-8-3-5-10-17(15)22/h2-5,7-10H,6,11-13H2,1H3,(H,24,25). The first-order valence-corrected chi connectivity index (χ1v) is 8.45. The monoisotopic (exact) mass is 352 g/mol. The van der Waals surface area contributed by atoms with E-state index in [1.807, 2.05) is 41.0 Å². The predicted molar refractivity (Wildman–Crippen MR) is 100 cm³/mol. The van der Waals surface area contributed by atoms with Gasteiger partial charge in [0.25, 0.3) is 0 Å². The van der Waals surface area contributed by atoms with E-state index in [0.717, 1.165) is 0 Å². The zero-order valence-electron chi connectivity index (χ0n) is 14.5. The molecule has 0 aliphatic heterocycles. The number of benzene rings is 2. The number of aliphatic carboxylic acids is 1. The number of hydrogen-bond donors (Lipinski definition) is 1. The number of amides is 1. The number of carbonyl (C=O) groups is 2. The van der Waals surface area contributed by atoms with Crippen molar-refractivity contribution in [3.05, 3.63) is 58.8 Å². The minimum atomic E-state index is -0.872. The first-order chi connectivity index (χ1) is 12.5. The molecule has 0 spiro atoms. The van der Waals surface area contributed by atoms with Crippen LogP contribution in [0.3, 0.4) is 0 Å². The molecular formula is C20H20N2O4. The Morgan fingerprint density at radius 1 is 1.00 bits per heavy atom. The van der Waals surface area contributed by atoms with Crippen LogP contribution in [0.1, 0.15) is 12.8 Å². The highest BCUT2D eigenvalue weighted by molar-refractivity contribution is 5.94. The Morgan fingerprint density at radius 2 is 1.54 bits per heavy atom. The average molecular weight is 352 g/mol. The van der Waals surface area contributed by atoms with E-state index in [9.17, 15) is 14.4 Å². The van der Waals surface area contributed by atoms with Gasteiger partial charge in [-0.1, -0.05) is 24.3 Å². The maximum atomic E-state index is 12.7. The van der Waals surface area contributed by atoms with Crippen LogP contribution in [0.5, 0.6) is 0 Å². The van der Waals surface area contributed by atoms with E-state index in [1.165, 1.54) is 4.90 Å². The Hall–Kier alpha value is -3.15. The van der Waals surface area contributed by atoms with Crippen LogP contribution in [0, 0.1) is 0 Å². The lowest BCUT2D eigenvalue weighted by Crippen LogP contribution is -2.32. The van der Waals surface area contributed by atoms with Crippen molar-refractivity contribution < 1.29 is 14.7 Å². The Bertz CT molecular complexity index is 979. The van der Waals surface area contributed by atoms with E-state index >= 15 is 0 Å². The molecule has 0 radical (unpaired) electrons. The number of likely N-dealkylation sites (N-methyl/N-ethyl adjacent to an activating group) is 1. The number of carboxylic acids is 1. The normalized spacial score (nSPS) is 11.0. The van der Waals surface area contributed by atoms with Gasteiger partial charge in [-0.25, -0.2) is 0 Å². The summed E-state index contributed by atoms with van der Waals surface area (Å²) in [5.74, 6) is -1.00. The second-order valence-corrected chi connectivity index (χ2v) is 6.26. The number of carbonyl (C=O) groups excluding carboxylic acids is 1. The molecule has 0 atom stereocenters. The number of nitrogens with zero attached hydrogens (tertiary/aromatic N) is 2. The molecule has 0 bridgehead atoms. The molecule has 0 saturated heterocycles. The molecule has 3 aromatic rings. The molecule has 0 fully saturated rings. The van der Waals surface area contributed by atoms with Crippen LogP contribution in [-0.4, -0.2) is 40.0 Å². The highest BCUT2D eigenvalue weighted by Gasteiger charge is 2.15. The van der Waals surface area contributed by atoms with Crippen LogP contribution in [0.4, 0.5) is 0 Å². The quantitative estimate of drug-likeness (QED) is 0.691. The topological polar surface area (TPSA) is 79.6 Å². The molecule has 2 aromatic carbocycles. The minimum Gasteiger partial charge on any atom is -0.481 e. The number of aromatic nitrogens is 1. The number of pyridine rings is 1. The van der Waals surface area contributed by atoms with E-state index in [0.29, 0.717) is 34.8 Å². The summed E-state index contributed by atoms with van der Waals surface area (Å²) in [6.07, 6.45) is 0.435. The third kappa shape index (κ3) is 3.44. The fourth-order valence-electron chi connectivity index (χ4n) is 3.10. The van der Waals surface area contributed by atoms with Gasteiger partial charge in [0.2, 0.25) is 5.91 Å². The third-order valence-corrected chi connectivity index (χ3v) is 4.48. The molecule has 134 valence electrons. The molecule has 1 N–H and O–H groups in total. The van der Waals surface area contributed by atoms with Crippen LogP contribution in [0.15, 0.2) is 53.3 Å². The fraction of sp³-hybridized carbons (Fsp3) is 0.250. The maximum absolute atomic E-state index is 12.7. The highest BCUT2D eigenvalue weighted by atomic mass is 16.4. The first-order valence-electron chi connectivity index (χ1n) is 8.45. The summed E-state index contributed by atoms with van der Waals surface area (Å²) in [6.45, 7) is 0.464. The number of carboxylic acid groups (broad SMARTS) is 1. The van der Waals surface area contributed by atoms with Crippen molar-refractivity contribution in [2.75, 3.05) is 13.6 Å². The summed E-state index contributed by atoms with van der Waals surface area (Å²) in [7, 11) is 1.66. The Kier molecular flexibility index (Phi) is 5.02. The van der Waals surface area contributed by atoms with E-state index in [4.69, 9.17) is 5.11 Å². The molecule has 3 rings (SSSR count). The lowest BCUT2D eigenvalue weighted by molar-refractivity contribution is -0.138. The summed E-state index contributed by atoms with van der Waals surface area (Å²) >= 11 is 0. The average Bonchev–Trinajstić information content (AvgIpc) is 2.64. The zero-order chi connectivity index (χ0) is 18.7. The van der Waals surface area contributed by atoms with Crippen molar-refractivity contribution in [1.29, 1.82) is 0 Å². The van der Waals surface area contributed by atoms with Gasteiger partial charge in [-0.3, -0.25) is 14.4 Å². The van der Waals surface area contributed by atoms with Gasteiger partial charge in [0, 0.05) is 30.8 Å². The van der Waals surface area contributed by atoms with Gasteiger partial charge in [0.05, 0.1) is 11.0 Å². The van der Waals surface area contributed by atoms with E-state index in [1.54, 1.807) is 19.2 Å². The molecule has 0 aliphatic rings. The van der Waals surface area contributed by atoms with Crippen molar-refractivity contribution in [1.82, 2.24) is 9.47 Å². The van der Waals surface area contributed by atoms with Crippen molar-refractivity contribution >= 4 is 33.7 Å². The molecule has 0 aliphatic carbocycles. The molecule has 6 heteroatoms. The lowest BCUT2D eigenvalue weighted by Gasteiger charge is -2.20. The van der Waals surface area contributed by atoms with Crippen LogP contribution in [0.2, 0.25) is 0 Å². The van der Waals surface area contributed by atoms with Gasteiger partial charge in [-0.05, 0) is 30.7 Å². The number of para-hydroxylation sites is 2. The molecule has 0 saturated carbocycles. The molecule has 0 unspecified atom stereocenters.